The van der Waals surface area contributed by atoms with E-state index in [2.05, 4.69) is 37.0 Å². The predicted molar refractivity (Wildman–Crippen MR) is 63.0 cm³/mol. The van der Waals surface area contributed by atoms with Gasteiger partial charge in [-0.15, -0.1) is 0 Å². The van der Waals surface area contributed by atoms with E-state index in [1.165, 1.54) is 16.7 Å². The molecule has 0 radical (unpaired) electrons. The van der Waals surface area contributed by atoms with Crippen LogP contribution in [0.25, 0.3) is 6.08 Å². The first-order valence-electron chi connectivity index (χ1n) is 5.00. The zero-order chi connectivity index (χ0) is 10.4. The Balaban J connectivity index is 0.00000196. The average molecular weight is 435 g/mol. The van der Waals surface area contributed by atoms with Crippen molar-refractivity contribution in [3.05, 3.63) is 48.4 Å². The number of rotatable bonds is 5. The molecule has 0 spiro atoms. The molecule has 0 aliphatic carbocycles. The molecule has 1 aromatic carbocycles. The van der Waals surface area contributed by atoms with Crippen LogP contribution in [0.1, 0.15) is 23.1 Å². The molecular weight excluding hydrogens is 417 g/mol. The fraction of sp³-hybridized carbons (Fsp3) is 0.308. The summed E-state index contributed by atoms with van der Waals surface area (Å²) in [4.78, 5) is 0. The molecule has 1 aromatic rings. The van der Waals surface area contributed by atoms with E-state index < -0.39 is 0 Å². The van der Waals surface area contributed by atoms with E-state index >= 15 is 0 Å². The minimum absolute atomic E-state index is 0. The first-order valence-corrected chi connectivity index (χ1v) is 5.00. The van der Waals surface area contributed by atoms with Crippen molar-refractivity contribution in [2.45, 2.75) is 19.4 Å². The van der Waals surface area contributed by atoms with E-state index in [1.807, 2.05) is 13.1 Å². The van der Waals surface area contributed by atoms with Gasteiger partial charge in [0.05, 0.1) is 0 Å². The van der Waals surface area contributed by atoms with Crippen LogP contribution in [0, 0.1) is 6.92 Å². The molecule has 1 N–H and O–H groups in total. The summed E-state index contributed by atoms with van der Waals surface area (Å²) in [5.41, 5.74) is 3.89. The van der Waals surface area contributed by atoms with E-state index in [9.17, 15) is 0 Å². The van der Waals surface area contributed by atoms with Crippen LogP contribution in [0.3, 0.4) is 0 Å². The molecule has 0 atom stereocenters. The summed E-state index contributed by atoms with van der Waals surface area (Å²) in [5.74, 6) is 0. The van der Waals surface area contributed by atoms with Crippen molar-refractivity contribution >= 4 is 6.08 Å². The summed E-state index contributed by atoms with van der Waals surface area (Å²) < 4.78 is 0. The maximum absolute atomic E-state index is 3.86. The maximum atomic E-state index is 3.86. The molecule has 0 aliphatic rings. The third-order valence-electron chi connectivity index (χ3n) is 2.26. The molecule has 1 nitrogen and oxygen atoms in total. The summed E-state index contributed by atoms with van der Waals surface area (Å²) in [6.45, 7) is 8.57. The monoisotopic (exact) mass is 431 g/mol. The van der Waals surface area contributed by atoms with Crippen molar-refractivity contribution < 1.29 is 0 Å². The van der Waals surface area contributed by atoms with Crippen LogP contribution < -0.4 is 5.32 Å². The quantitative estimate of drug-likeness (QED) is 0.702. The minimum atomic E-state index is 0. The Labute approximate surface area is 86.8 Å². The fourth-order valence-corrected chi connectivity index (χ4v) is 1.56. The third-order valence-corrected chi connectivity index (χ3v) is 2.26. The fourth-order valence-electron chi connectivity index (χ4n) is 1.56. The molecule has 84 valence electrons. The molecule has 2 heteroatoms. The number of nitrogens with one attached hydrogen (secondary N) is 1. The Morgan fingerprint density at radius 2 is 2.20 bits per heavy atom. The Kier molecular flexibility index (Phi) is 5.50. The van der Waals surface area contributed by atoms with Crippen LogP contribution in [0.4, 0.5) is 0 Å². The molecule has 0 saturated carbocycles. The largest absolute Gasteiger partial charge is 0.343 e. The molecule has 0 aliphatic heterocycles. The first-order chi connectivity index (χ1) is 6.81. The second-order valence-electron chi connectivity index (χ2n) is 3.37. The zero-order valence-corrected chi connectivity index (χ0v) is 12.1. The van der Waals surface area contributed by atoms with Crippen molar-refractivity contribution in [1.82, 2.24) is 5.32 Å². The second-order valence-corrected chi connectivity index (χ2v) is 3.37. The van der Waals surface area contributed by atoms with Gasteiger partial charge in [-0.2, -0.15) is 6.42 Å². The summed E-state index contributed by atoms with van der Waals surface area (Å²) in [6.07, 6.45) is 3.90. The van der Waals surface area contributed by atoms with Crippen molar-refractivity contribution in [3.63, 3.8) is 0 Å². The predicted octanol–water partition coefficient (Wildman–Crippen LogP) is 2.82. The van der Waals surface area contributed by atoms with Crippen molar-refractivity contribution in [1.29, 1.82) is 0 Å². The first kappa shape index (κ1) is 12.9. The van der Waals surface area contributed by atoms with E-state index in [-0.39, 0.29) is 0 Å². The van der Waals surface area contributed by atoms with Gasteiger partial charge in [0.2, 0.25) is 0 Å². The molecule has 0 bridgehead atoms. The molecule has 0 saturated heterocycles. The van der Waals surface area contributed by atoms with Gasteiger partial charge in [-0.3, -0.25) is 0 Å². The average Bonchev–Trinajstić information content (AvgIpc) is 2.19. The van der Waals surface area contributed by atoms with Crippen molar-refractivity contribution in [3.8, 4) is 0 Å². The molecule has 15 heavy (non-hydrogen) atoms. The van der Waals surface area contributed by atoms with Gasteiger partial charge in [0, 0.05) is 6.54 Å². The smallest absolute Gasteiger partial charge is 0.0208 e. The van der Waals surface area contributed by atoms with Gasteiger partial charge in [-0.05, 0) is 18.2 Å². The van der Waals surface area contributed by atoms with Gasteiger partial charge in [0.25, 0.3) is 0 Å². The van der Waals surface area contributed by atoms with Crippen LogP contribution in [-0.2, 0) is 13.0 Å². The van der Waals surface area contributed by atoms with Crippen molar-refractivity contribution in [2.24, 2.45) is 0 Å². The summed E-state index contributed by atoms with van der Waals surface area (Å²) in [7, 11) is 1.96. The van der Waals surface area contributed by atoms with Gasteiger partial charge >= 0.3 is 0 Å². The van der Waals surface area contributed by atoms with Gasteiger partial charge in [-0.25, -0.2) is 0 Å². The number of hydrogen-bond donors (Lipinski definition) is 1. The van der Waals surface area contributed by atoms with E-state index in [1.54, 1.807) is 0 Å². The van der Waals surface area contributed by atoms with E-state index in [4.69, 9.17) is 0 Å². The zero-order valence-electron chi connectivity index (χ0n) is 9.20. The van der Waals surface area contributed by atoms with Gasteiger partial charge in [0.15, 0.2) is 0 Å². The third kappa shape index (κ3) is 3.28. The van der Waals surface area contributed by atoms with Crippen molar-refractivity contribution in [2.75, 3.05) is 7.05 Å². The standard InChI is InChI=1S/C13H18N.Cm/c1-4-6-11-7-8-12(5-2)13(9-11)10-14-3;/h5,7-9,14H,1-2,4,6,10H2,3H3;/q-1;. The molecule has 0 aromatic heterocycles. The molecular formula is C13H18CmN-. The van der Waals surface area contributed by atoms with Crippen LogP contribution in [0.2, 0.25) is 0 Å². The Bertz CT molecular complexity index is 307. The summed E-state index contributed by atoms with van der Waals surface area (Å²) in [5, 5.41) is 3.16. The van der Waals surface area contributed by atoms with Gasteiger partial charge in [-0.1, -0.05) is 42.8 Å². The Morgan fingerprint density at radius 1 is 1.47 bits per heavy atom. The Morgan fingerprint density at radius 3 is 2.73 bits per heavy atom. The van der Waals surface area contributed by atoms with Gasteiger partial charge in [0.1, 0.15) is 0 Å². The maximum Gasteiger partial charge on any atom is 0.0208 e. The van der Waals surface area contributed by atoms with E-state index in [0.29, 0.717) is 0 Å². The Hall–Kier alpha value is -2.08. The molecule has 0 unspecified atom stereocenters. The summed E-state index contributed by atoms with van der Waals surface area (Å²) in [6, 6.07) is 6.52. The molecule has 0 heterocycles. The van der Waals surface area contributed by atoms with Gasteiger partial charge < -0.3 is 12.2 Å². The number of hydrogen-bond acceptors (Lipinski definition) is 1. The minimum Gasteiger partial charge on any atom is -0.343 e. The molecule has 0 fully saturated rings. The van der Waals surface area contributed by atoms with Crippen LogP contribution in [0.5, 0.6) is 0 Å². The summed E-state index contributed by atoms with van der Waals surface area (Å²) >= 11 is 0. The topological polar surface area (TPSA) is 12.0 Å². The van der Waals surface area contributed by atoms with Crippen LogP contribution in [-0.4, -0.2) is 7.05 Å². The SMILES string of the molecule is C=Cc1ccc(CC[CH2-])cc1CNC.[Cm]. The number of aryl methyl sites for hydroxylation is 1. The molecule has 0 amide bonds. The van der Waals surface area contributed by atoms with E-state index in [0.717, 1.165) is 19.4 Å². The molecule has 1 rings (SSSR count). The van der Waals surface area contributed by atoms with Crippen LogP contribution in [0.15, 0.2) is 24.8 Å². The van der Waals surface area contributed by atoms with Crippen LogP contribution >= 0.6 is 0 Å². The number of benzene rings is 1. The second kappa shape index (κ2) is 6.39. The normalized spacial score (nSPS) is 9.47.